The summed E-state index contributed by atoms with van der Waals surface area (Å²) in [6, 6.07) is 4.93. The van der Waals surface area contributed by atoms with Crippen LogP contribution in [-0.2, 0) is 14.8 Å². The third kappa shape index (κ3) is 3.98. The molecule has 0 bridgehead atoms. The Morgan fingerprint density at radius 1 is 1.32 bits per heavy atom. The van der Waals surface area contributed by atoms with Crippen LogP contribution in [0.25, 0.3) is 0 Å². The highest BCUT2D eigenvalue weighted by atomic mass is 32.2. The molecule has 0 aliphatic carbocycles. The largest absolute Gasteiger partial charge is 0.496 e. The van der Waals surface area contributed by atoms with Gasteiger partial charge in [-0.2, -0.15) is 4.31 Å². The fourth-order valence-corrected chi connectivity index (χ4v) is 3.67. The highest BCUT2D eigenvalue weighted by molar-refractivity contribution is 7.89. The van der Waals surface area contributed by atoms with Crippen LogP contribution < -0.4 is 4.74 Å². The Morgan fingerprint density at radius 3 is 2.59 bits per heavy atom. The Bertz CT molecular complexity index is 598. The van der Waals surface area contributed by atoms with Crippen LogP contribution in [-0.4, -0.2) is 71.2 Å². The van der Waals surface area contributed by atoms with E-state index in [0.717, 1.165) is 18.7 Å². The smallest absolute Gasteiger partial charge is 0.242 e. The maximum Gasteiger partial charge on any atom is 0.242 e. The van der Waals surface area contributed by atoms with Crippen LogP contribution in [0.2, 0.25) is 0 Å². The lowest BCUT2D eigenvalue weighted by Crippen LogP contribution is -2.41. The summed E-state index contributed by atoms with van der Waals surface area (Å²) in [5, 5.41) is 0. The average molecular weight is 328 g/mol. The molecule has 0 unspecified atom stereocenters. The van der Waals surface area contributed by atoms with Gasteiger partial charge < -0.3 is 9.47 Å². The van der Waals surface area contributed by atoms with Crippen molar-refractivity contribution in [2.45, 2.75) is 11.8 Å². The molecule has 1 aromatic rings. The fraction of sp³-hybridized carbons (Fsp3) is 0.600. The minimum Gasteiger partial charge on any atom is -0.496 e. The van der Waals surface area contributed by atoms with E-state index in [0.29, 0.717) is 36.9 Å². The molecule has 124 valence electrons. The first-order valence-electron chi connectivity index (χ1n) is 7.36. The molecule has 1 aliphatic rings. The third-order valence-electron chi connectivity index (χ3n) is 3.91. The third-order valence-corrected chi connectivity index (χ3v) is 5.76. The molecular formula is C15H24N2O4S. The van der Waals surface area contributed by atoms with Gasteiger partial charge in [0.15, 0.2) is 0 Å². The van der Waals surface area contributed by atoms with Crippen molar-refractivity contribution in [3.05, 3.63) is 23.8 Å². The van der Waals surface area contributed by atoms with Crippen LogP contribution in [0.5, 0.6) is 5.75 Å². The van der Waals surface area contributed by atoms with Crippen molar-refractivity contribution in [2.75, 3.05) is 53.6 Å². The van der Waals surface area contributed by atoms with Crippen LogP contribution >= 0.6 is 0 Å². The Kier molecular flexibility index (Phi) is 5.80. The summed E-state index contributed by atoms with van der Waals surface area (Å²) >= 11 is 0. The number of sulfonamides is 1. The summed E-state index contributed by atoms with van der Waals surface area (Å²) in [4.78, 5) is 2.52. The van der Waals surface area contributed by atoms with Gasteiger partial charge in [0.2, 0.25) is 10.0 Å². The maximum absolute atomic E-state index is 12.6. The molecule has 0 spiro atoms. The van der Waals surface area contributed by atoms with E-state index in [-0.39, 0.29) is 0 Å². The van der Waals surface area contributed by atoms with E-state index in [1.807, 2.05) is 6.92 Å². The van der Waals surface area contributed by atoms with Gasteiger partial charge in [0.05, 0.1) is 25.2 Å². The highest BCUT2D eigenvalue weighted by Gasteiger charge is 2.22. The average Bonchev–Trinajstić information content (AvgIpc) is 2.53. The van der Waals surface area contributed by atoms with Gasteiger partial charge in [-0.05, 0) is 30.7 Å². The molecule has 7 heteroatoms. The molecule has 1 saturated heterocycles. The maximum atomic E-state index is 12.6. The molecule has 1 aliphatic heterocycles. The van der Waals surface area contributed by atoms with E-state index in [2.05, 4.69) is 4.90 Å². The number of hydrogen-bond donors (Lipinski definition) is 0. The van der Waals surface area contributed by atoms with E-state index < -0.39 is 10.0 Å². The van der Waals surface area contributed by atoms with Crippen LogP contribution in [0.4, 0.5) is 0 Å². The van der Waals surface area contributed by atoms with Gasteiger partial charge in [-0.1, -0.05) is 0 Å². The molecule has 6 nitrogen and oxygen atoms in total. The minimum atomic E-state index is -3.47. The van der Waals surface area contributed by atoms with E-state index in [1.54, 1.807) is 32.4 Å². The van der Waals surface area contributed by atoms with Crippen LogP contribution in [0.3, 0.4) is 0 Å². The monoisotopic (exact) mass is 328 g/mol. The summed E-state index contributed by atoms with van der Waals surface area (Å²) in [7, 11) is -0.273. The zero-order chi connectivity index (χ0) is 16.2. The second-order valence-electron chi connectivity index (χ2n) is 5.41. The second kappa shape index (κ2) is 7.41. The number of benzene rings is 1. The van der Waals surface area contributed by atoms with Gasteiger partial charge >= 0.3 is 0 Å². The summed E-state index contributed by atoms with van der Waals surface area (Å²) in [5.41, 5.74) is 0.810. The molecule has 2 rings (SSSR count). The SMILES string of the molecule is COc1ccc(S(=O)(=O)N(C)CCN2CCOCC2)cc1C. The van der Waals surface area contributed by atoms with Crippen molar-refractivity contribution < 1.29 is 17.9 Å². The summed E-state index contributed by atoms with van der Waals surface area (Å²) in [6.07, 6.45) is 0. The molecule has 1 fully saturated rings. The molecule has 0 atom stereocenters. The normalized spacial score (nSPS) is 16.9. The number of nitrogens with zero attached hydrogens (tertiary/aromatic N) is 2. The van der Waals surface area contributed by atoms with Gasteiger partial charge in [-0.25, -0.2) is 8.42 Å². The van der Waals surface area contributed by atoms with E-state index in [1.165, 1.54) is 4.31 Å². The topological polar surface area (TPSA) is 59.1 Å². The van der Waals surface area contributed by atoms with Crippen LogP contribution in [0.1, 0.15) is 5.56 Å². The molecule has 0 saturated carbocycles. The standard InChI is InChI=1S/C15H24N2O4S/c1-13-12-14(4-5-15(13)20-3)22(18,19)16(2)6-7-17-8-10-21-11-9-17/h4-5,12H,6-11H2,1-3H3. The van der Waals surface area contributed by atoms with Gasteiger partial charge in [0, 0.05) is 33.2 Å². The van der Waals surface area contributed by atoms with Crippen molar-refractivity contribution >= 4 is 10.0 Å². The van der Waals surface area contributed by atoms with Crippen LogP contribution in [0, 0.1) is 6.92 Å². The lowest BCUT2D eigenvalue weighted by molar-refractivity contribution is 0.0368. The summed E-state index contributed by atoms with van der Waals surface area (Å²) in [5.74, 6) is 0.690. The molecule has 1 heterocycles. The molecule has 22 heavy (non-hydrogen) atoms. The van der Waals surface area contributed by atoms with Gasteiger partial charge in [-0.15, -0.1) is 0 Å². The number of ether oxygens (including phenoxy) is 2. The fourth-order valence-electron chi connectivity index (χ4n) is 2.42. The van der Waals surface area contributed by atoms with Gasteiger partial charge in [0.1, 0.15) is 5.75 Å². The van der Waals surface area contributed by atoms with E-state index in [4.69, 9.17) is 9.47 Å². The number of likely N-dealkylation sites (N-methyl/N-ethyl adjacent to an activating group) is 1. The van der Waals surface area contributed by atoms with E-state index >= 15 is 0 Å². The highest BCUT2D eigenvalue weighted by Crippen LogP contribution is 2.23. The summed E-state index contributed by atoms with van der Waals surface area (Å²) in [6.45, 7) is 6.17. The lowest BCUT2D eigenvalue weighted by atomic mass is 10.2. The first-order valence-corrected chi connectivity index (χ1v) is 8.80. The molecular weight excluding hydrogens is 304 g/mol. The molecule has 0 N–H and O–H groups in total. The Balaban J connectivity index is 2.03. The Hall–Kier alpha value is -1.15. The van der Waals surface area contributed by atoms with Crippen molar-refractivity contribution in [1.29, 1.82) is 0 Å². The number of hydrogen-bond acceptors (Lipinski definition) is 5. The van der Waals surface area contributed by atoms with Gasteiger partial charge in [-0.3, -0.25) is 4.90 Å². The van der Waals surface area contributed by atoms with Crippen molar-refractivity contribution in [1.82, 2.24) is 9.21 Å². The minimum absolute atomic E-state index is 0.301. The molecule has 0 amide bonds. The number of rotatable bonds is 6. The predicted octanol–water partition coefficient (Wildman–Crippen LogP) is 0.956. The molecule has 0 radical (unpaired) electrons. The first kappa shape index (κ1) is 17.2. The Labute approximate surface area is 132 Å². The quantitative estimate of drug-likeness (QED) is 0.778. The number of morpholine rings is 1. The molecule has 1 aromatic carbocycles. The van der Waals surface area contributed by atoms with Crippen molar-refractivity contribution in [3.8, 4) is 5.75 Å². The lowest BCUT2D eigenvalue weighted by Gasteiger charge is -2.28. The second-order valence-corrected chi connectivity index (χ2v) is 7.46. The number of aryl methyl sites for hydroxylation is 1. The van der Waals surface area contributed by atoms with Crippen molar-refractivity contribution in [2.24, 2.45) is 0 Å². The van der Waals surface area contributed by atoms with Gasteiger partial charge in [0.25, 0.3) is 0 Å². The predicted molar refractivity (Wildman–Crippen MR) is 84.8 cm³/mol. The van der Waals surface area contributed by atoms with Crippen LogP contribution in [0.15, 0.2) is 23.1 Å². The summed E-state index contributed by atoms with van der Waals surface area (Å²) < 4.78 is 37.1. The zero-order valence-corrected chi connectivity index (χ0v) is 14.2. The zero-order valence-electron chi connectivity index (χ0n) is 13.4. The van der Waals surface area contributed by atoms with E-state index in [9.17, 15) is 8.42 Å². The Morgan fingerprint density at radius 2 is 2.00 bits per heavy atom. The molecule has 0 aromatic heterocycles. The first-order chi connectivity index (χ1) is 10.4. The van der Waals surface area contributed by atoms with Crippen molar-refractivity contribution in [3.63, 3.8) is 0 Å². The number of methoxy groups -OCH3 is 1.